The Morgan fingerprint density at radius 1 is 1.24 bits per heavy atom. The number of rotatable bonds is 8. The molecule has 1 aromatic heterocycles. The highest BCUT2D eigenvalue weighted by Crippen LogP contribution is 2.39. The number of fused-ring (bicyclic) bond motifs is 2. The Balaban J connectivity index is 1.32. The van der Waals surface area contributed by atoms with Crippen molar-refractivity contribution in [2.24, 2.45) is 5.92 Å². The molecular formula is C33H35ClN2O5. The molecule has 5 rings (SSSR count). The molecule has 1 N–H and O–H groups in total. The van der Waals surface area contributed by atoms with Gasteiger partial charge >= 0.3 is 5.97 Å². The van der Waals surface area contributed by atoms with Gasteiger partial charge in [0, 0.05) is 53.5 Å². The average molecular weight is 575 g/mol. The van der Waals surface area contributed by atoms with Crippen molar-refractivity contribution in [2.75, 3.05) is 26.2 Å². The van der Waals surface area contributed by atoms with Crippen LogP contribution in [0.5, 0.6) is 5.88 Å². The second-order valence-electron chi connectivity index (χ2n) is 10.5. The molecule has 0 radical (unpaired) electrons. The molecule has 1 aromatic carbocycles. The number of piperidine rings is 1. The van der Waals surface area contributed by atoms with Crippen LogP contribution in [0.25, 0.3) is 5.57 Å². The lowest BCUT2D eigenvalue weighted by molar-refractivity contribution is -0.265. The molecule has 41 heavy (non-hydrogen) atoms. The van der Waals surface area contributed by atoms with Crippen molar-refractivity contribution < 1.29 is 24.4 Å². The second kappa shape index (κ2) is 13.0. The second-order valence-corrected chi connectivity index (χ2v) is 10.9. The molecule has 2 aliphatic heterocycles. The fourth-order valence-electron chi connectivity index (χ4n) is 5.36. The van der Waals surface area contributed by atoms with E-state index in [4.69, 9.17) is 26.1 Å². The van der Waals surface area contributed by atoms with Gasteiger partial charge in [-0.1, -0.05) is 48.0 Å². The molecule has 214 valence electrons. The van der Waals surface area contributed by atoms with Crippen LogP contribution in [-0.4, -0.2) is 47.2 Å². The molecule has 1 fully saturated rings. The zero-order valence-corrected chi connectivity index (χ0v) is 24.1. The highest BCUT2D eigenvalue weighted by atomic mass is 35.5. The van der Waals surface area contributed by atoms with Gasteiger partial charge in [0.15, 0.2) is 0 Å². The lowest BCUT2D eigenvalue weighted by atomic mass is 9.84. The molecule has 3 aliphatic rings. The van der Waals surface area contributed by atoms with Gasteiger partial charge in [-0.2, -0.15) is 4.89 Å². The van der Waals surface area contributed by atoms with E-state index in [1.54, 1.807) is 20.0 Å². The average Bonchev–Trinajstić information content (AvgIpc) is 3.14. The SMILES string of the molecule is CCOOC(=O)C(C)=CC1C=CC=C2Oc3ncccc3/C(=C/CCN3CCC(O)(c4ccc(Cl)cc4)CC3)C=C21. The Labute approximate surface area is 246 Å². The Morgan fingerprint density at radius 3 is 2.78 bits per heavy atom. The molecule has 0 spiro atoms. The molecule has 8 heteroatoms. The van der Waals surface area contributed by atoms with Crippen molar-refractivity contribution in [3.8, 4) is 5.88 Å². The zero-order valence-electron chi connectivity index (χ0n) is 23.4. The number of aromatic nitrogens is 1. The summed E-state index contributed by atoms with van der Waals surface area (Å²) >= 11 is 6.04. The first-order chi connectivity index (χ1) is 19.9. The number of aliphatic hydroxyl groups is 1. The van der Waals surface area contributed by atoms with Crippen LogP contribution in [0.2, 0.25) is 5.02 Å². The van der Waals surface area contributed by atoms with Gasteiger partial charge < -0.3 is 14.7 Å². The number of ether oxygens (including phenoxy) is 1. The molecule has 3 heterocycles. The molecule has 7 nitrogen and oxygen atoms in total. The summed E-state index contributed by atoms with van der Waals surface area (Å²) in [5, 5.41) is 11.9. The number of halogens is 1. The van der Waals surface area contributed by atoms with Crippen molar-refractivity contribution >= 4 is 23.1 Å². The third kappa shape index (κ3) is 6.88. The van der Waals surface area contributed by atoms with E-state index in [0.29, 0.717) is 35.1 Å². The summed E-state index contributed by atoms with van der Waals surface area (Å²) in [4.78, 5) is 28.9. The Morgan fingerprint density at radius 2 is 2.02 bits per heavy atom. The van der Waals surface area contributed by atoms with Crippen LogP contribution in [0.4, 0.5) is 0 Å². The third-order valence-electron chi connectivity index (χ3n) is 7.69. The minimum Gasteiger partial charge on any atom is -0.438 e. The third-order valence-corrected chi connectivity index (χ3v) is 7.94. The van der Waals surface area contributed by atoms with E-state index in [1.807, 2.05) is 60.7 Å². The Bertz CT molecular complexity index is 1420. The van der Waals surface area contributed by atoms with Gasteiger partial charge in [0.05, 0.1) is 12.2 Å². The molecule has 0 bridgehead atoms. The number of hydrogen-bond acceptors (Lipinski definition) is 7. The predicted octanol–water partition coefficient (Wildman–Crippen LogP) is 6.32. The number of likely N-dealkylation sites (tertiary alicyclic amines) is 1. The molecule has 1 unspecified atom stereocenters. The molecule has 2 aromatic rings. The molecule has 0 saturated carbocycles. The summed E-state index contributed by atoms with van der Waals surface area (Å²) in [7, 11) is 0. The summed E-state index contributed by atoms with van der Waals surface area (Å²) in [6.45, 7) is 6.25. The van der Waals surface area contributed by atoms with Crippen molar-refractivity contribution in [1.29, 1.82) is 0 Å². The maximum atomic E-state index is 12.3. The topological polar surface area (TPSA) is 81.1 Å². The lowest BCUT2D eigenvalue weighted by Crippen LogP contribution is -2.42. The van der Waals surface area contributed by atoms with Crippen LogP contribution in [-0.2, 0) is 20.2 Å². The van der Waals surface area contributed by atoms with Gasteiger partial charge in [0.1, 0.15) is 5.76 Å². The van der Waals surface area contributed by atoms with E-state index < -0.39 is 11.6 Å². The predicted molar refractivity (Wildman–Crippen MR) is 159 cm³/mol. The fraction of sp³-hybridized carbons (Fsp3) is 0.333. The van der Waals surface area contributed by atoms with Crippen LogP contribution < -0.4 is 4.74 Å². The van der Waals surface area contributed by atoms with E-state index in [0.717, 1.165) is 48.3 Å². The van der Waals surface area contributed by atoms with Gasteiger partial charge in [0.25, 0.3) is 0 Å². The van der Waals surface area contributed by atoms with E-state index in [9.17, 15) is 9.90 Å². The summed E-state index contributed by atoms with van der Waals surface area (Å²) in [6, 6.07) is 11.4. The Kier molecular flexibility index (Phi) is 9.20. The minimum absolute atomic E-state index is 0.186. The first kappa shape index (κ1) is 29.0. The molecule has 1 atom stereocenters. The summed E-state index contributed by atoms with van der Waals surface area (Å²) in [5.74, 6) is 0.541. The smallest absolute Gasteiger partial charge is 0.368 e. The van der Waals surface area contributed by atoms with Crippen LogP contribution in [0.3, 0.4) is 0 Å². The number of nitrogens with zero attached hydrogens (tertiary/aromatic N) is 2. The lowest BCUT2D eigenvalue weighted by Gasteiger charge is -2.38. The van der Waals surface area contributed by atoms with Crippen molar-refractivity contribution in [2.45, 2.75) is 38.7 Å². The summed E-state index contributed by atoms with van der Waals surface area (Å²) in [6.07, 6.45) is 16.0. The number of allylic oxidation sites excluding steroid dienone is 7. The maximum absolute atomic E-state index is 12.3. The summed E-state index contributed by atoms with van der Waals surface area (Å²) < 4.78 is 6.27. The minimum atomic E-state index is -0.819. The standard InChI is InChI=1S/C33H35ClN2O5/c1-3-39-41-32(37)23(2)21-24-7-4-10-30-29(24)22-25(28-9-5-17-35-31(28)40-30)8-6-18-36-19-15-33(38,16-20-36)26-11-13-27(34)14-12-26/h4-5,7-14,17,21-22,24,38H,3,6,15-16,18-20H2,1-2H3/b23-21?,25-8+. The highest BCUT2D eigenvalue weighted by Gasteiger charge is 2.33. The van der Waals surface area contributed by atoms with Gasteiger partial charge in [0.2, 0.25) is 5.88 Å². The first-order valence-electron chi connectivity index (χ1n) is 14.0. The number of carbonyl (C=O) groups is 1. The first-order valence-corrected chi connectivity index (χ1v) is 14.4. The van der Waals surface area contributed by atoms with Crippen LogP contribution in [0.15, 0.2) is 96.0 Å². The number of carbonyl (C=O) groups excluding carboxylic acids is 1. The van der Waals surface area contributed by atoms with E-state index >= 15 is 0 Å². The number of hydrogen-bond donors (Lipinski definition) is 1. The zero-order chi connectivity index (χ0) is 28.8. The Hall–Kier alpha value is -3.49. The van der Waals surface area contributed by atoms with Crippen molar-refractivity contribution in [3.05, 3.63) is 112 Å². The van der Waals surface area contributed by atoms with Crippen molar-refractivity contribution in [1.82, 2.24) is 9.88 Å². The fourth-order valence-corrected chi connectivity index (χ4v) is 5.48. The molecular weight excluding hydrogens is 540 g/mol. The van der Waals surface area contributed by atoms with Gasteiger partial charge in [-0.15, -0.1) is 0 Å². The highest BCUT2D eigenvalue weighted by molar-refractivity contribution is 6.30. The monoisotopic (exact) mass is 574 g/mol. The molecule has 1 saturated heterocycles. The van der Waals surface area contributed by atoms with Gasteiger partial charge in [-0.3, -0.25) is 4.89 Å². The van der Waals surface area contributed by atoms with Crippen LogP contribution >= 0.6 is 11.6 Å². The largest absolute Gasteiger partial charge is 0.438 e. The number of pyridine rings is 1. The van der Waals surface area contributed by atoms with E-state index in [-0.39, 0.29) is 12.5 Å². The van der Waals surface area contributed by atoms with Crippen LogP contribution in [0, 0.1) is 5.92 Å². The van der Waals surface area contributed by atoms with Gasteiger partial charge in [-0.25, -0.2) is 9.78 Å². The maximum Gasteiger partial charge on any atom is 0.368 e. The van der Waals surface area contributed by atoms with E-state index in [2.05, 4.69) is 22.0 Å². The van der Waals surface area contributed by atoms with Crippen LogP contribution in [0.1, 0.15) is 44.2 Å². The van der Waals surface area contributed by atoms with E-state index in [1.165, 1.54) is 0 Å². The number of benzene rings is 1. The molecule has 0 amide bonds. The normalized spacial score (nSPS) is 21.2. The van der Waals surface area contributed by atoms with Gasteiger partial charge in [-0.05, 0) is 80.7 Å². The molecule has 1 aliphatic carbocycles. The summed E-state index contributed by atoms with van der Waals surface area (Å²) in [5.41, 5.74) is 3.43. The quantitative estimate of drug-likeness (QED) is 0.224. The van der Waals surface area contributed by atoms with Crippen molar-refractivity contribution in [3.63, 3.8) is 0 Å².